The number of hydrogen-bond acceptors (Lipinski definition) is 3. The molecular weight excluding hydrogens is 214 g/mol. The summed E-state index contributed by atoms with van der Waals surface area (Å²) >= 11 is 0. The van der Waals surface area contributed by atoms with Gasteiger partial charge in [-0.2, -0.15) is 0 Å². The lowest BCUT2D eigenvalue weighted by Crippen LogP contribution is -2.33. The molecule has 1 aliphatic rings. The van der Waals surface area contributed by atoms with Gasteiger partial charge in [-0.15, -0.1) is 0 Å². The van der Waals surface area contributed by atoms with Crippen LogP contribution in [0.4, 0.5) is 0 Å². The minimum absolute atomic E-state index is 0.179. The number of carbonyl (C=O) groups excluding carboxylic acids is 1. The number of benzene rings is 1. The first-order valence-corrected chi connectivity index (χ1v) is 6.07. The zero-order chi connectivity index (χ0) is 12.3. The average molecular weight is 233 g/mol. The van der Waals surface area contributed by atoms with Crippen LogP contribution in [0.2, 0.25) is 0 Å². The largest absolute Gasteiger partial charge is 0.497 e. The smallest absolute Gasteiger partial charge is 0.166 e. The molecule has 0 unspecified atom stereocenters. The highest BCUT2D eigenvalue weighted by molar-refractivity contribution is 5.98. The molecule has 1 aliphatic heterocycles. The number of piperidine rings is 1. The number of carbonyl (C=O) groups is 1. The maximum Gasteiger partial charge on any atom is 0.166 e. The van der Waals surface area contributed by atoms with E-state index in [0.717, 1.165) is 37.2 Å². The van der Waals surface area contributed by atoms with Crippen molar-refractivity contribution in [1.82, 2.24) is 4.90 Å². The summed E-state index contributed by atoms with van der Waals surface area (Å²) in [6.45, 7) is 2.03. The van der Waals surface area contributed by atoms with Crippen LogP contribution in [0, 0.1) is 5.92 Å². The highest BCUT2D eigenvalue weighted by Gasteiger charge is 2.24. The van der Waals surface area contributed by atoms with Crippen LogP contribution < -0.4 is 4.74 Å². The molecule has 17 heavy (non-hydrogen) atoms. The fourth-order valence-electron chi connectivity index (χ4n) is 2.28. The Morgan fingerprint density at radius 2 is 2.06 bits per heavy atom. The summed E-state index contributed by atoms with van der Waals surface area (Å²) < 4.78 is 5.15. The normalized spacial score (nSPS) is 18.0. The topological polar surface area (TPSA) is 29.5 Å². The van der Waals surface area contributed by atoms with Crippen molar-refractivity contribution in [2.45, 2.75) is 12.8 Å². The highest BCUT2D eigenvalue weighted by atomic mass is 16.5. The maximum atomic E-state index is 12.3. The summed E-state index contributed by atoms with van der Waals surface area (Å²) in [6, 6.07) is 7.45. The molecule has 1 aromatic rings. The number of methoxy groups -OCH3 is 1. The fourth-order valence-corrected chi connectivity index (χ4v) is 2.28. The summed E-state index contributed by atoms with van der Waals surface area (Å²) in [5.74, 6) is 1.19. The molecule has 92 valence electrons. The van der Waals surface area contributed by atoms with E-state index in [1.165, 1.54) is 0 Å². The van der Waals surface area contributed by atoms with E-state index in [1.807, 2.05) is 24.3 Å². The summed E-state index contributed by atoms with van der Waals surface area (Å²) in [5, 5.41) is 0. The molecular formula is C14H19NO2. The Balaban J connectivity index is 2.08. The number of ether oxygens (including phenoxy) is 1. The van der Waals surface area contributed by atoms with E-state index in [0.29, 0.717) is 0 Å². The molecule has 0 radical (unpaired) electrons. The van der Waals surface area contributed by atoms with Crippen LogP contribution in [0.5, 0.6) is 5.75 Å². The SMILES string of the molecule is COc1cccc(C(=O)C2CCN(C)CC2)c1. The average Bonchev–Trinajstić information content (AvgIpc) is 2.39. The van der Waals surface area contributed by atoms with Crippen LogP contribution in [-0.4, -0.2) is 37.9 Å². The maximum absolute atomic E-state index is 12.3. The molecule has 3 nitrogen and oxygen atoms in total. The lowest BCUT2D eigenvalue weighted by molar-refractivity contribution is 0.0856. The van der Waals surface area contributed by atoms with E-state index in [2.05, 4.69) is 11.9 Å². The van der Waals surface area contributed by atoms with Gasteiger partial charge in [0.2, 0.25) is 0 Å². The summed E-state index contributed by atoms with van der Waals surface area (Å²) in [5.41, 5.74) is 0.777. The van der Waals surface area contributed by atoms with Crippen LogP contribution in [0.15, 0.2) is 24.3 Å². The second-order valence-corrected chi connectivity index (χ2v) is 4.67. The molecule has 1 aromatic carbocycles. The third-order valence-corrected chi connectivity index (χ3v) is 3.44. The van der Waals surface area contributed by atoms with E-state index < -0.39 is 0 Å². The van der Waals surface area contributed by atoms with Crippen molar-refractivity contribution < 1.29 is 9.53 Å². The Labute approximate surface area is 102 Å². The molecule has 1 saturated heterocycles. The van der Waals surface area contributed by atoms with Gasteiger partial charge >= 0.3 is 0 Å². The molecule has 0 amide bonds. The van der Waals surface area contributed by atoms with E-state index in [4.69, 9.17) is 4.74 Å². The zero-order valence-electron chi connectivity index (χ0n) is 10.5. The van der Waals surface area contributed by atoms with Crippen molar-refractivity contribution in [3.63, 3.8) is 0 Å². The lowest BCUT2D eigenvalue weighted by Gasteiger charge is -2.28. The van der Waals surface area contributed by atoms with Gasteiger partial charge in [-0.25, -0.2) is 0 Å². The summed E-state index contributed by atoms with van der Waals surface area (Å²) in [6.07, 6.45) is 1.93. The third kappa shape index (κ3) is 2.86. The minimum Gasteiger partial charge on any atom is -0.497 e. The third-order valence-electron chi connectivity index (χ3n) is 3.44. The Kier molecular flexibility index (Phi) is 3.79. The van der Waals surface area contributed by atoms with Crippen LogP contribution in [0.25, 0.3) is 0 Å². The van der Waals surface area contributed by atoms with Crippen LogP contribution >= 0.6 is 0 Å². The molecule has 2 rings (SSSR count). The Morgan fingerprint density at radius 3 is 2.71 bits per heavy atom. The standard InChI is InChI=1S/C14H19NO2/c1-15-8-6-11(7-9-15)14(16)12-4-3-5-13(10-12)17-2/h3-5,10-11H,6-9H2,1-2H3. The Hall–Kier alpha value is -1.35. The van der Waals surface area contributed by atoms with Gasteiger partial charge < -0.3 is 9.64 Å². The Bertz CT molecular complexity index is 395. The number of nitrogens with zero attached hydrogens (tertiary/aromatic N) is 1. The van der Waals surface area contributed by atoms with Crippen LogP contribution in [0.3, 0.4) is 0 Å². The second kappa shape index (κ2) is 5.32. The van der Waals surface area contributed by atoms with Gasteiger partial charge in [0.05, 0.1) is 7.11 Å². The molecule has 0 atom stereocenters. The fraction of sp³-hybridized carbons (Fsp3) is 0.500. The second-order valence-electron chi connectivity index (χ2n) is 4.67. The van der Waals surface area contributed by atoms with Crippen molar-refractivity contribution in [3.05, 3.63) is 29.8 Å². The van der Waals surface area contributed by atoms with Gasteiger partial charge in [-0.1, -0.05) is 12.1 Å². The molecule has 1 fully saturated rings. The Morgan fingerprint density at radius 1 is 1.35 bits per heavy atom. The van der Waals surface area contributed by atoms with E-state index >= 15 is 0 Å². The lowest BCUT2D eigenvalue weighted by atomic mass is 9.89. The van der Waals surface area contributed by atoms with Crippen molar-refractivity contribution >= 4 is 5.78 Å². The molecule has 0 bridgehead atoms. The molecule has 0 N–H and O–H groups in total. The van der Waals surface area contributed by atoms with Crippen molar-refractivity contribution in [1.29, 1.82) is 0 Å². The minimum atomic E-state index is 0.179. The zero-order valence-corrected chi connectivity index (χ0v) is 10.5. The monoisotopic (exact) mass is 233 g/mol. The molecule has 0 saturated carbocycles. The van der Waals surface area contributed by atoms with Gasteiger partial charge in [0.25, 0.3) is 0 Å². The van der Waals surface area contributed by atoms with Crippen molar-refractivity contribution in [2.24, 2.45) is 5.92 Å². The first-order chi connectivity index (χ1) is 8.20. The quantitative estimate of drug-likeness (QED) is 0.750. The van der Waals surface area contributed by atoms with E-state index in [1.54, 1.807) is 7.11 Å². The molecule has 3 heteroatoms. The first kappa shape index (κ1) is 12.1. The molecule has 0 aliphatic carbocycles. The first-order valence-electron chi connectivity index (χ1n) is 6.07. The van der Waals surface area contributed by atoms with Crippen molar-refractivity contribution in [2.75, 3.05) is 27.2 Å². The number of hydrogen-bond donors (Lipinski definition) is 0. The highest BCUT2D eigenvalue weighted by Crippen LogP contribution is 2.22. The van der Waals surface area contributed by atoms with Crippen LogP contribution in [-0.2, 0) is 0 Å². The number of rotatable bonds is 3. The molecule has 0 aromatic heterocycles. The van der Waals surface area contributed by atoms with Gasteiger partial charge in [0, 0.05) is 11.5 Å². The van der Waals surface area contributed by atoms with Crippen LogP contribution in [0.1, 0.15) is 23.2 Å². The van der Waals surface area contributed by atoms with Gasteiger partial charge in [0.1, 0.15) is 5.75 Å². The number of ketones is 1. The predicted molar refractivity (Wildman–Crippen MR) is 67.5 cm³/mol. The number of Topliss-reactive ketones (excluding diaryl/α,β-unsaturated/α-hetero) is 1. The van der Waals surface area contributed by atoms with E-state index in [-0.39, 0.29) is 11.7 Å². The summed E-state index contributed by atoms with van der Waals surface area (Å²) in [4.78, 5) is 14.6. The van der Waals surface area contributed by atoms with E-state index in [9.17, 15) is 4.79 Å². The van der Waals surface area contributed by atoms with Gasteiger partial charge in [-0.3, -0.25) is 4.79 Å². The molecule has 1 heterocycles. The molecule has 0 spiro atoms. The summed E-state index contributed by atoms with van der Waals surface area (Å²) in [7, 11) is 3.73. The number of likely N-dealkylation sites (tertiary alicyclic amines) is 1. The van der Waals surface area contributed by atoms with Gasteiger partial charge in [-0.05, 0) is 45.1 Å². The predicted octanol–water partition coefficient (Wildman–Crippen LogP) is 2.22. The van der Waals surface area contributed by atoms with Gasteiger partial charge in [0.15, 0.2) is 5.78 Å². The van der Waals surface area contributed by atoms with Crippen molar-refractivity contribution in [3.8, 4) is 5.75 Å².